The largest absolute Gasteiger partial charge is 0.490 e. The number of para-hydroxylation sites is 1. The molecule has 1 amide bonds. The number of carbonyl (C=O) groups excluding carboxylic acids is 1. The first kappa shape index (κ1) is 18.7. The second-order valence-electron chi connectivity index (χ2n) is 7.44. The summed E-state index contributed by atoms with van der Waals surface area (Å²) in [7, 11) is -3.68. The highest BCUT2D eigenvalue weighted by molar-refractivity contribution is 7.89. The average Bonchev–Trinajstić information content (AvgIpc) is 3.06. The Labute approximate surface area is 158 Å². The molecule has 0 radical (unpaired) electrons. The van der Waals surface area contributed by atoms with E-state index >= 15 is 0 Å². The van der Waals surface area contributed by atoms with Crippen molar-refractivity contribution < 1.29 is 27.8 Å². The predicted molar refractivity (Wildman–Crippen MR) is 95.7 cm³/mol. The van der Waals surface area contributed by atoms with E-state index in [0.29, 0.717) is 38.2 Å². The van der Waals surface area contributed by atoms with Gasteiger partial charge in [0.25, 0.3) is 0 Å². The van der Waals surface area contributed by atoms with E-state index in [-0.39, 0.29) is 42.6 Å². The van der Waals surface area contributed by atoms with Crippen molar-refractivity contribution in [2.45, 2.75) is 36.2 Å². The Kier molecular flexibility index (Phi) is 4.87. The van der Waals surface area contributed by atoms with Crippen LogP contribution >= 0.6 is 0 Å². The second kappa shape index (κ2) is 7.05. The van der Waals surface area contributed by atoms with Gasteiger partial charge in [0.2, 0.25) is 15.9 Å². The number of benzene rings is 1. The summed E-state index contributed by atoms with van der Waals surface area (Å²) in [5.41, 5.74) is -0.847. The van der Waals surface area contributed by atoms with Gasteiger partial charge in [-0.1, -0.05) is 12.1 Å². The van der Waals surface area contributed by atoms with Crippen LogP contribution in [0.3, 0.4) is 0 Å². The van der Waals surface area contributed by atoms with Gasteiger partial charge in [0.1, 0.15) is 17.3 Å². The molecule has 4 rings (SSSR count). The summed E-state index contributed by atoms with van der Waals surface area (Å²) >= 11 is 0. The number of fused-ring (bicyclic) bond motifs is 2. The van der Waals surface area contributed by atoms with Gasteiger partial charge in [-0.25, -0.2) is 8.42 Å². The highest BCUT2D eigenvalue weighted by atomic mass is 32.2. The molecule has 0 aliphatic carbocycles. The van der Waals surface area contributed by atoms with Gasteiger partial charge in [-0.3, -0.25) is 4.79 Å². The molecular weight excluding hydrogens is 372 g/mol. The van der Waals surface area contributed by atoms with E-state index < -0.39 is 15.4 Å². The summed E-state index contributed by atoms with van der Waals surface area (Å²) in [6.07, 6.45) is 1.41. The van der Waals surface area contributed by atoms with Crippen LogP contribution in [0.15, 0.2) is 29.2 Å². The maximum atomic E-state index is 13.0. The van der Waals surface area contributed by atoms with Crippen molar-refractivity contribution in [1.29, 1.82) is 0 Å². The first-order valence-corrected chi connectivity index (χ1v) is 10.6. The van der Waals surface area contributed by atoms with E-state index in [0.717, 1.165) is 0 Å². The molecule has 0 spiro atoms. The number of nitrogens with one attached hydrogen (secondary N) is 1. The molecule has 27 heavy (non-hydrogen) atoms. The van der Waals surface area contributed by atoms with Crippen LogP contribution in [-0.2, 0) is 19.6 Å². The zero-order valence-corrected chi connectivity index (χ0v) is 15.8. The van der Waals surface area contributed by atoms with Gasteiger partial charge >= 0.3 is 0 Å². The average molecular weight is 396 g/mol. The molecule has 2 saturated heterocycles. The number of aliphatic hydroxyl groups is 1. The van der Waals surface area contributed by atoms with Crippen molar-refractivity contribution in [2.75, 3.05) is 33.0 Å². The Morgan fingerprint density at radius 1 is 1.30 bits per heavy atom. The number of nitrogens with zero attached hydrogens (tertiary/aromatic N) is 1. The van der Waals surface area contributed by atoms with E-state index in [9.17, 15) is 18.3 Å². The molecule has 0 aromatic heterocycles. The molecular formula is C18H24N2O6S. The van der Waals surface area contributed by atoms with Gasteiger partial charge in [-0.05, 0) is 31.4 Å². The molecule has 2 fully saturated rings. The van der Waals surface area contributed by atoms with E-state index in [1.807, 2.05) is 0 Å². The predicted octanol–water partition coefficient (Wildman–Crippen LogP) is 0.116. The number of sulfonamides is 1. The molecule has 1 aromatic rings. The molecule has 3 aliphatic rings. The summed E-state index contributed by atoms with van der Waals surface area (Å²) in [5.74, 6) is 0.142. The standard InChI is InChI=1S/C18H24N2O6S/c21-12-18(5-7-25-8-6-18)17(22)19-13-9-14-11-26-15-3-1-2-4-16(15)27(23,24)20(14)10-13/h1-4,13-14,21H,5-12H2,(H,19,22)/t13-,14-/m0/s1. The molecule has 2 N–H and O–H groups in total. The number of aliphatic hydroxyl groups excluding tert-OH is 1. The van der Waals surface area contributed by atoms with Crippen LogP contribution in [0, 0.1) is 5.41 Å². The van der Waals surface area contributed by atoms with Crippen molar-refractivity contribution in [3.8, 4) is 5.75 Å². The molecule has 2 atom stereocenters. The topological polar surface area (TPSA) is 105 Å². The van der Waals surface area contributed by atoms with Crippen LogP contribution in [0.1, 0.15) is 19.3 Å². The minimum absolute atomic E-state index is 0.163. The third-order valence-corrected chi connectivity index (χ3v) is 7.76. The van der Waals surface area contributed by atoms with Gasteiger partial charge in [-0.15, -0.1) is 0 Å². The molecule has 3 aliphatic heterocycles. The van der Waals surface area contributed by atoms with Crippen LogP contribution in [-0.4, -0.2) is 68.8 Å². The van der Waals surface area contributed by atoms with E-state index in [4.69, 9.17) is 9.47 Å². The fourth-order valence-electron chi connectivity index (χ4n) is 4.09. The number of hydrogen-bond acceptors (Lipinski definition) is 6. The number of carbonyl (C=O) groups is 1. The second-order valence-corrected chi connectivity index (χ2v) is 9.30. The van der Waals surface area contributed by atoms with Crippen molar-refractivity contribution >= 4 is 15.9 Å². The summed E-state index contributed by atoms with van der Waals surface area (Å²) in [6, 6.07) is 5.98. The normalized spacial score (nSPS) is 29.1. The van der Waals surface area contributed by atoms with E-state index in [1.54, 1.807) is 24.3 Å². The fraction of sp³-hybridized carbons (Fsp3) is 0.611. The third kappa shape index (κ3) is 3.22. The maximum absolute atomic E-state index is 13.0. The number of amides is 1. The number of hydrogen-bond donors (Lipinski definition) is 2. The number of rotatable bonds is 3. The fourth-order valence-corrected chi connectivity index (χ4v) is 5.89. The van der Waals surface area contributed by atoms with Crippen LogP contribution in [0.25, 0.3) is 0 Å². The molecule has 8 nitrogen and oxygen atoms in total. The Balaban J connectivity index is 1.51. The highest BCUT2D eigenvalue weighted by Gasteiger charge is 2.46. The number of ether oxygens (including phenoxy) is 2. The Morgan fingerprint density at radius 3 is 2.78 bits per heavy atom. The van der Waals surface area contributed by atoms with Gasteiger partial charge in [-0.2, -0.15) is 4.31 Å². The maximum Gasteiger partial charge on any atom is 0.247 e. The van der Waals surface area contributed by atoms with Crippen LogP contribution in [0.2, 0.25) is 0 Å². The monoisotopic (exact) mass is 396 g/mol. The SMILES string of the molecule is O=C(N[C@H]1C[C@H]2COc3ccccc3S(=O)(=O)N2C1)C1(CO)CCOCC1. The summed E-state index contributed by atoms with van der Waals surface area (Å²) in [4.78, 5) is 13.0. The van der Waals surface area contributed by atoms with Crippen molar-refractivity contribution in [3.05, 3.63) is 24.3 Å². The first-order valence-electron chi connectivity index (χ1n) is 9.19. The minimum Gasteiger partial charge on any atom is -0.490 e. The summed E-state index contributed by atoms with van der Waals surface area (Å²) < 4.78 is 38.5. The van der Waals surface area contributed by atoms with Crippen molar-refractivity contribution in [1.82, 2.24) is 9.62 Å². The lowest BCUT2D eigenvalue weighted by Crippen LogP contribution is -2.50. The van der Waals surface area contributed by atoms with Crippen LogP contribution in [0.4, 0.5) is 0 Å². The van der Waals surface area contributed by atoms with Gasteiger partial charge < -0.3 is 19.9 Å². The quantitative estimate of drug-likeness (QED) is 0.752. The van der Waals surface area contributed by atoms with Gasteiger partial charge in [0.05, 0.1) is 18.1 Å². The Hall–Kier alpha value is -1.68. The smallest absolute Gasteiger partial charge is 0.247 e. The summed E-state index contributed by atoms with van der Waals surface area (Å²) in [5, 5.41) is 12.7. The Morgan fingerprint density at radius 2 is 2.04 bits per heavy atom. The molecule has 0 saturated carbocycles. The first-order chi connectivity index (χ1) is 13.0. The third-order valence-electron chi connectivity index (χ3n) is 5.80. The molecule has 3 heterocycles. The van der Waals surface area contributed by atoms with Crippen molar-refractivity contribution in [3.63, 3.8) is 0 Å². The molecule has 0 bridgehead atoms. The van der Waals surface area contributed by atoms with Gasteiger partial charge in [0, 0.05) is 25.8 Å². The zero-order valence-electron chi connectivity index (χ0n) is 15.0. The van der Waals surface area contributed by atoms with E-state index in [2.05, 4.69) is 5.32 Å². The minimum atomic E-state index is -3.68. The molecule has 0 unspecified atom stereocenters. The van der Waals surface area contributed by atoms with Gasteiger partial charge in [0.15, 0.2) is 0 Å². The highest BCUT2D eigenvalue weighted by Crippen LogP contribution is 2.36. The molecule has 148 valence electrons. The molecule has 1 aromatic carbocycles. The van der Waals surface area contributed by atoms with Crippen LogP contribution in [0.5, 0.6) is 5.75 Å². The lowest BCUT2D eigenvalue weighted by atomic mass is 9.80. The lowest BCUT2D eigenvalue weighted by molar-refractivity contribution is -0.140. The molecule has 9 heteroatoms. The lowest BCUT2D eigenvalue weighted by Gasteiger charge is -2.34. The Bertz CT molecular complexity index is 821. The summed E-state index contributed by atoms with van der Waals surface area (Å²) in [6.45, 7) is 1.09. The van der Waals surface area contributed by atoms with Crippen LogP contribution < -0.4 is 10.1 Å². The zero-order chi connectivity index (χ0) is 19.1. The van der Waals surface area contributed by atoms with E-state index in [1.165, 1.54) is 4.31 Å². The van der Waals surface area contributed by atoms with Crippen molar-refractivity contribution in [2.24, 2.45) is 5.41 Å².